The number of methoxy groups -OCH3 is 1. The molecular weight excluding hydrogens is 288 g/mol. The third-order valence-corrected chi connectivity index (χ3v) is 3.84. The number of hydrogen-bond acceptors (Lipinski definition) is 4. The molecule has 1 saturated heterocycles. The fourth-order valence-electron chi connectivity index (χ4n) is 2.62. The molecular formula is C16H25ClN2O2. The molecule has 0 amide bonds. The van der Waals surface area contributed by atoms with Crippen LogP contribution in [0.25, 0.3) is 0 Å². The molecule has 1 aliphatic rings. The summed E-state index contributed by atoms with van der Waals surface area (Å²) in [5.74, 6) is 0. The summed E-state index contributed by atoms with van der Waals surface area (Å²) in [5, 5.41) is 4.16. The van der Waals surface area contributed by atoms with E-state index in [1.165, 1.54) is 11.3 Å². The minimum absolute atomic E-state index is 0.112. The Kier molecular flexibility index (Phi) is 5.88. The van der Waals surface area contributed by atoms with Crippen molar-refractivity contribution >= 4 is 17.3 Å². The van der Waals surface area contributed by atoms with E-state index in [9.17, 15) is 0 Å². The van der Waals surface area contributed by atoms with Gasteiger partial charge in [-0.15, -0.1) is 0 Å². The lowest BCUT2D eigenvalue weighted by molar-refractivity contribution is -0.0277. The van der Waals surface area contributed by atoms with Gasteiger partial charge in [-0.1, -0.05) is 11.6 Å². The standard InChI is InChI=1S/C16H25ClN2O2/c1-16(2)12-19(7-9-21-16)15-5-4-14(17)10-13(15)11-18-6-8-20-3/h4-5,10,18H,6-9,11-12H2,1-3H3. The molecule has 1 aromatic rings. The van der Waals surface area contributed by atoms with Gasteiger partial charge in [0, 0.05) is 44.0 Å². The maximum Gasteiger partial charge on any atom is 0.0801 e. The number of rotatable bonds is 6. The Hall–Kier alpha value is -0.810. The zero-order chi connectivity index (χ0) is 15.3. The summed E-state index contributed by atoms with van der Waals surface area (Å²) < 4.78 is 10.9. The summed E-state index contributed by atoms with van der Waals surface area (Å²) in [7, 11) is 1.71. The summed E-state index contributed by atoms with van der Waals surface area (Å²) in [6.07, 6.45) is 0. The second-order valence-electron chi connectivity index (χ2n) is 5.97. The second-order valence-corrected chi connectivity index (χ2v) is 6.41. The molecule has 21 heavy (non-hydrogen) atoms. The van der Waals surface area contributed by atoms with Gasteiger partial charge in [-0.05, 0) is 37.6 Å². The molecule has 0 atom stereocenters. The van der Waals surface area contributed by atoms with Gasteiger partial charge in [0.2, 0.25) is 0 Å². The maximum atomic E-state index is 6.16. The van der Waals surface area contributed by atoms with Crippen molar-refractivity contribution in [2.45, 2.75) is 26.0 Å². The van der Waals surface area contributed by atoms with Gasteiger partial charge in [-0.25, -0.2) is 0 Å². The number of nitrogens with one attached hydrogen (secondary N) is 1. The molecule has 0 saturated carbocycles. The van der Waals surface area contributed by atoms with Crippen molar-refractivity contribution in [2.75, 3.05) is 44.9 Å². The monoisotopic (exact) mass is 312 g/mol. The summed E-state index contributed by atoms with van der Waals surface area (Å²) >= 11 is 6.16. The Labute approximate surface area is 132 Å². The van der Waals surface area contributed by atoms with E-state index in [-0.39, 0.29) is 5.60 Å². The zero-order valence-electron chi connectivity index (χ0n) is 13.1. The third kappa shape index (κ3) is 4.85. The Morgan fingerprint density at radius 3 is 2.95 bits per heavy atom. The van der Waals surface area contributed by atoms with E-state index in [0.717, 1.165) is 37.8 Å². The van der Waals surface area contributed by atoms with E-state index in [0.29, 0.717) is 6.61 Å². The molecule has 0 aromatic heterocycles. The van der Waals surface area contributed by atoms with Crippen LogP contribution in [-0.4, -0.2) is 45.6 Å². The van der Waals surface area contributed by atoms with Crippen molar-refractivity contribution in [3.05, 3.63) is 28.8 Å². The van der Waals surface area contributed by atoms with Crippen molar-refractivity contribution in [1.29, 1.82) is 0 Å². The van der Waals surface area contributed by atoms with Crippen LogP contribution in [0.15, 0.2) is 18.2 Å². The number of anilines is 1. The van der Waals surface area contributed by atoms with Crippen LogP contribution < -0.4 is 10.2 Å². The minimum atomic E-state index is -0.112. The molecule has 1 aromatic carbocycles. The van der Waals surface area contributed by atoms with Gasteiger partial charge in [-0.3, -0.25) is 0 Å². The average Bonchev–Trinajstić information content (AvgIpc) is 2.42. The molecule has 0 unspecified atom stereocenters. The van der Waals surface area contributed by atoms with Gasteiger partial charge in [0.05, 0.1) is 18.8 Å². The number of ether oxygens (including phenoxy) is 2. The van der Waals surface area contributed by atoms with Crippen molar-refractivity contribution < 1.29 is 9.47 Å². The normalized spacial score (nSPS) is 18.0. The number of nitrogens with zero attached hydrogens (tertiary/aromatic N) is 1. The van der Waals surface area contributed by atoms with Gasteiger partial charge in [0.1, 0.15) is 0 Å². The fraction of sp³-hybridized carbons (Fsp3) is 0.625. The van der Waals surface area contributed by atoms with Gasteiger partial charge < -0.3 is 19.7 Å². The average molecular weight is 313 g/mol. The molecule has 0 radical (unpaired) electrons. The Bertz CT molecular complexity index is 466. The minimum Gasteiger partial charge on any atom is -0.383 e. The molecule has 0 spiro atoms. The lowest BCUT2D eigenvalue weighted by Crippen LogP contribution is -2.48. The fourth-order valence-corrected chi connectivity index (χ4v) is 2.82. The van der Waals surface area contributed by atoms with Crippen molar-refractivity contribution in [1.82, 2.24) is 5.32 Å². The Balaban J connectivity index is 2.10. The molecule has 5 heteroatoms. The van der Waals surface area contributed by atoms with Crippen LogP contribution >= 0.6 is 11.6 Å². The smallest absolute Gasteiger partial charge is 0.0801 e. The molecule has 118 valence electrons. The van der Waals surface area contributed by atoms with Crippen molar-refractivity contribution in [3.8, 4) is 0 Å². The SMILES string of the molecule is COCCNCc1cc(Cl)ccc1N1CCOC(C)(C)C1. The molecule has 1 fully saturated rings. The molecule has 4 nitrogen and oxygen atoms in total. The Morgan fingerprint density at radius 2 is 2.24 bits per heavy atom. The van der Waals surface area contributed by atoms with Gasteiger partial charge >= 0.3 is 0 Å². The van der Waals surface area contributed by atoms with E-state index < -0.39 is 0 Å². The van der Waals surface area contributed by atoms with Crippen molar-refractivity contribution in [3.63, 3.8) is 0 Å². The van der Waals surface area contributed by atoms with E-state index in [1.807, 2.05) is 12.1 Å². The number of halogens is 1. The van der Waals surface area contributed by atoms with E-state index in [4.69, 9.17) is 21.1 Å². The topological polar surface area (TPSA) is 33.7 Å². The van der Waals surface area contributed by atoms with E-state index in [1.54, 1.807) is 7.11 Å². The van der Waals surface area contributed by atoms with Crippen LogP contribution in [-0.2, 0) is 16.0 Å². The first-order chi connectivity index (χ1) is 10.0. The molecule has 0 aliphatic carbocycles. The summed E-state index contributed by atoms with van der Waals surface area (Å²) in [6, 6.07) is 6.11. The highest BCUT2D eigenvalue weighted by Crippen LogP contribution is 2.28. The van der Waals surface area contributed by atoms with E-state index in [2.05, 4.69) is 30.1 Å². The highest BCUT2D eigenvalue weighted by molar-refractivity contribution is 6.30. The lowest BCUT2D eigenvalue weighted by Gasteiger charge is -2.40. The summed E-state index contributed by atoms with van der Waals surface area (Å²) in [5.41, 5.74) is 2.34. The lowest BCUT2D eigenvalue weighted by atomic mass is 10.0. The molecule has 0 bridgehead atoms. The first-order valence-corrected chi connectivity index (χ1v) is 7.76. The maximum absolute atomic E-state index is 6.16. The predicted molar refractivity (Wildman–Crippen MR) is 87.3 cm³/mol. The second kappa shape index (κ2) is 7.45. The first-order valence-electron chi connectivity index (χ1n) is 7.39. The molecule has 1 heterocycles. The van der Waals surface area contributed by atoms with Crippen LogP contribution in [0.2, 0.25) is 5.02 Å². The quantitative estimate of drug-likeness (QED) is 0.819. The van der Waals surface area contributed by atoms with E-state index >= 15 is 0 Å². The van der Waals surface area contributed by atoms with Gasteiger partial charge in [0.25, 0.3) is 0 Å². The van der Waals surface area contributed by atoms with Gasteiger partial charge in [-0.2, -0.15) is 0 Å². The summed E-state index contributed by atoms with van der Waals surface area (Å²) in [4.78, 5) is 2.38. The summed E-state index contributed by atoms with van der Waals surface area (Å²) in [6.45, 7) is 9.15. The third-order valence-electron chi connectivity index (χ3n) is 3.61. The van der Waals surface area contributed by atoms with Crippen LogP contribution in [0.1, 0.15) is 19.4 Å². The zero-order valence-corrected chi connectivity index (χ0v) is 13.9. The van der Waals surface area contributed by atoms with Crippen LogP contribution in [0.5, 0.6) is 0 Å². The molecule has 1 aliphatic heterocycles. The van der Waals surface area contributed by atoms with Crippen LogP contribution in [0.3, 0.4) is 0 Å². The number of benzene rings is 1. The van der Waals surface area contributed by atoms with Crippen LogP contribution in [0, 0.1) is 0 Å². The first kappa shape index (κ1) is 16.6. The highest BCUT2D eigenvalue weighted by atomic mass is 35.5. The number of hydrogen-bond donors (Lipinski definition) is 1. The molecule has 2 rings (SSSR count). The highest BCUT2D eigenvalue weighted by Gasteiger charge is 2.28. The van der Waals surface area contributed by atoms with Crippen LogP contribution in [0.4, 0.5) is 5.69 Å². The largest absolute Gasteiger partial charge is 0.383 e. The van der Waals surface area contributed by atoms with Crippen molar-refractivity contribution in [2.24, 2.45) is 0 Å². The predicted octanol–water partition coefficient (Wildman–Crippen LogP) is 2.69. The molecule has 1 N–H and O–H groups in total. The Morgan fingerprint density at radius 1 is 1.43 bits per heavy atom. The number of morpholine rings is 1. The van der Waals surface area contributed by atoms with Gasteiger partial charge in [0.15, 0.2) is 0 Å².